The highest BCUT2D eigenvalue weighted by molar-refractivity contribution is 9.10. The fourth-order valence-electron chi connectivity index (χ4n) is 1.21. The monoisotopic (exact) mass is 239 g/mol. The molecule has 3 nitrogen and oxygen atoms in total. The highest BCUT2D eigenvalue weighted by atomic mass is 79.9. The van der Waals surface area contributed by atoms with E-state index >= 15 is 0 Å². The van der Waals surface area contributed by atoms with Crippen molar-refractivity contribution in [3.63, 3.8) is 0 Å². The molecule has 0 aliphatic heterocycles. The van der Waals surface area contributed by atoms with Gasteiger partial charge in [0.05, 0.1) is 10.9 Å². The minimum Gasteiger partial charge on any atom is -0.508 e. The van der Waals surface area contributed by atoms with Gasteiger partial charge in [-0.15, -0.1) is 0 Å². The second-order valence-electron chi connectivity index (χ2n) is 2.65. The lowest BCUT2D eigenvalue weighted by Gasteiger charge is -2.02. The molecule has 13 heavy (non-hydrogen) atoms. The standard InChI is InChI=1S/C9H6BrNO2/c10-6-1-2-11-7-3-5(12)4-8(13)9(6)7/h1-4,12-13H. The van der Waals surface area contributed by atoms with Crippen LogP contribution in [0.4, 0.5) is 0 Å². The molecule has 0 bridgehead atoms. The summed E-state index contributed by atoms with van der Waals surface area (Å²) in [5, 5.41) is 19.3. The van der Waals surface area contributed by atoms with E-state index in [-0.39, 0.29) is 11.5 Å². The predicted molar refractivity (Wildman–Crippen MR) is 52.8 cm³/mol. The largest absolute Gasteiger partial charge is 0.508 e. The highest BCUT2D eigenvalue weighted by Crippen LogP contribution is 2.33. The van der Waals surface area contributed by atoms with Crippen molar-refractivity contribution in [3.8, 4) is 11.5 Å². The van der Waals surface area contributed by atoms with Crippen molar-refractivity contribution in [1.29, 1.82) is 0 Å². The van der Waals surface area contributed by atoms with Gasteiger partial charge in [-0.05, 0) is 22.0 Å². The van der Waals surface area contributed by atoms with E-state index in [1.165, 1.54) is 12.1 Å². The van der Waals surface area contributed by atoms with E-state index in [1.807, 2.05) is 0 Å². The molecule has 0 saturated heterocycles. The van der Waals surface area contributed by atoms with Gasteiger partial charge >= 0.3 is 0 Å². The maximum atomic E-state index is 9.50. The third kappa shape index (κ3) is 1.33. The van der Waals surface area contributed by atoms with E-state index in [0.29, 0.717) is 10.9 Å². The Morgan fingerprint density at radius 2 is 2.00 bits per heavy atom. The summed E-state index contributed by atoms with van der Waals surface area (Å²) in [6.07, 6.45) is 1.60. The van der Waals surface area contributed by atoms with Crippen molar-refractivity contribution < 1.29 is 10.2 Å². The lowest BCUT2D eigenvalue weighted by atomic mass is 10.2. The van der Waals surface area contributed by atoms with Crippen LogP contribution in [-0.4, -0.2) is 15.2 Å². The molecule has 2 aromatic rings. The number of fused-ring (bicyclic) bond motifs is 1. The summed E-state index contributed by atoms with van der Waals surface area (Å²) < 4.78 is 0.759. The van der Waals surface area contributed by atoms with Gasteiger partial charge in [-0.25, -0.2) is 0 Å². The van der Waals surface area contributed by atoms with E-state index in [0.717, 1.165) is 4.47 Å². The van der Waals surface area contributed by atoms with Crippen LogP contribution in [0.3, 0.4) is 0 Å². The van der Waals surface area contributed by atoms with Crippen LogP contribution in [-0.2, 0) is 0 Å². The number of nitrogens with zero attached hydrogens (tertiary/aromatic N) is 1. The maximum absolute atomic E-state index is 9.50. The van der Waals surface area contributed by atoms with Gasteiger partial charge in [0.1, 0.15) is 11.5 Å². The summed E-state index contributed by atoms with van der Waals surface area (Å²) in [6, 6.07) is 4.52. The molecular weight excluding hydrogens is 234 g/mol. The van der Waals surface area contributed by atoms with Gasteiger partial charge in [0, 0.05) is 22.8 Å². The molecule has 1 heterocycles. The number of rotatable bonds is 0. The molecule has 0 unspecified atom stereocenters. The number of hydrogen-bond acceptors (Lipinski definition) is 3. The quantitative estimate of drug-likeness (QED) is 0.743. The zero-order valence-corrected chi connectivity index (χ0v) is 8.12. The van der Waals surface area contributed by atoms with Crippen molar-refractivity contribution >= 4 is 26.8 Å². The van der Waals surface area contributed by atoms with Gasteiger partial charge in [-0.2, -0.15) is 0 Å². The number of pyridine rings is 1. The third-order valence-electron chi connectivity index (χ3n) is 1.75. The zero-order chi connectivity index (χ0) is 9.42. The van der Waals surface area contributed by atoms with E-state index in [4.69, 9.17) is 0 Å². The number of aromatic hydroxyl groups is 2. The number of aromatic nitrogens is 1. The van der Waals surface area contributed by atoms with Crippen molar-refractivity contribution in [1.82, 2.24) is 4.98 Å². The summed E-state index contributed by atoms with van der Waals surface area (Å²) in [7, 11) is 0. The van der Waals surface area contributed by atoms with Gasteiger partial charge in [-0.1, -0.05) is 0 Å². The molecule has 2 N–H and O–H groups in total. The first-order chi connectivity index (χ1) is 6.18. The number of phenolic OH excluding ortho intramolecular Hbond substituents is 2. The second kappa shape index (κ2) is 2.88. The average Bonchev–Trinajstić information content (AvgIpc) is 2.02. The zero-order valence-electron chi connectivity index (χ0n) is 6.53. The first-order valence-electron chi connectivity index (χ1n) is 3.64. The Bertz CT molecular complexity index is 470. The SMILES string of the molecule is Oc1cc(O)c2c(Br)ccnc2c1. The molecule has 2 rings (SSSR count). The van der Waals surface area contributed by atoms with Crippen LogP contribution in [0.2, 0.25) is 0 Å². The smallest absolute Gasteiger partial charge is 0.129 e. The van der Waals surface area contributed by atoms with Crippen molar-refractivity contribution in [3.05, 3.63) is 28.9 Å². The Morgan fingerprint density at radius 1 is 1.23 bits per heavy atom. The fraction of sp³-hybridized carbons (Fsp3) is 0. The molecule has 0 aliphatic carbocycles. The molecule has 1 aromatic carbocycles. The molecule has 4 heteroatoms. The lowest BCUT2D eigenvalue weighted by molar-refractivity contribution is 0.455. The van der Waals surface area contributed by atoms with Crippen LogP contribution >= 0.6 is 15.9 Å². The summed E-state index contributed by atoms with van der Waals surface area (Å²) in [4.78, 5) is 4.01. The summed E-state index contributed by atoms with van der Waals surface area (Å²) in [6.45, 7) is 0. The third-order valence-corrected chi connectivity index (χ3v) is 2.42. The number of phenols is 2. The molecule has 0 spiro atoms. The highest BCUT2D eigenvalue weighted by Gasteiger charge is 2.06. The minimum atomic E-state index is 0.00981. The van der Waals surface area contributed by atoms with Crippen LogP contribution in [0.25, 0.3) is 10.9 Å². The molecule has 0 amide bonds. The summed E-state index contributed by atoms with van der Waals surface area (Å²) in [5.74, 6) is 0.0329. The van der Waals surface area contributed by atoms with Crippen LogP contribution in [0.5, 0.6) is 11.5 Å². The van der Waals surface area contributed by atoms with Gasteiger partial charge in [0.15, 0.2) is 0 Å². The normalized spacial score (nSPS) is 10.5. The average molecular weight is 240 g/mol. The molecule has 0 aliphatic rings. The Morgan fingerprint density at radius 3 is 2.77 bits per heavy atom. The Hall–Kier alpha value is -1.29. The molecule has 0 fully saturated rings. The molecular formula is C9H6BrNO2. The van der Waals surface area contributed by atoms with Crippen molar-refractivity contribution in [2.24, 2.45) is 0 Å². The molecule has 1 aromatic heterocycles. The minimum absolute atomic E-state index is 0.00981. The predicted octanol–water partition coefficient (Wildman–Crippen LogP) is 2.41. The van der Waals surface area contributed by atoms with E-state index in [2.05, 4.69) is 20.9 Å². The maximum Gasteiger partial charge on any atom is 0.129 e. The first kappa shape index (κ1) is 8.31. The second-order valence-corrected chi connectivity index (χ2v) is 3.51. The van der Waals surface area contributed by atoms with Crippen LogP contribution in [0, 0.1) is 0 Å². The fourth-order valence-corrected chi connectivity index (χ4v) is 1.73. The topological polar surface area (TPSA) is 53.4 Å². The molecule has 66 valence electrons. The van der Waals surface area contributed by atoms with Crippen molar-refractivity contribution in [2.45, 2.75) is 0 Å². The molecule has 0 saturated carbocycles. The molecule has 0 atom stereocenters. The molecule has 0 radical (unpaired) electrons. The van der Waals surface area contributed by atoms with Crippen LogP contribution < -0.4 is 0 Å². The summed E-state index contributed by atoms with van der Waals surface area (Å²) >= 11 is 3.29. The van der Waals surface area contributed by atoms with Crippen LogP contribution in [0.15, 0.2) is 28.9 Å². The van der Waals surface area contributed by atoms with Crippen molar-refractivity contribution in [2.75, 3.05) is 0 Å². The van der Waals surface area contributed by atoms with E-state index < -0.39 is 0 Å². The number of halogens is 1. The van der Waals surface area contributed by atoms with E-state index in [9.17, 15) is 10.2 Å². The van der Waals surface area contributed by atoms with Crippen LogP contribution in [0.1, 0.15) is 0 Å². The Balaban J connectivity index is 2.94. The van der Waals surface area contributed by atoms with Gasteiger partial charge in [0.2, 0.25) is 0 Å². The van der Waals surface area contributed by atoms with Gasteiger partial charge < -0.3 is 10.2 Å². The first-order valence-corrected chi connectivity index (χ1v) is 4.44. The number of hydrogen-bond donors (Lipinski definition) is 2. The summed E-state index contributed by atoms with van der Waals surface area (Å²) in [5.41, 5.74) is 0.562. The van der Waals surface area contributed by atoms with Gasteiger partial charge in [-0.3, -0.25) is 4.98 Å². The Labute approximate surface area is 82.8 Å². The lowest BCUT2D eigenvalue weighted by Crippen LogP contribution is -1.80. The van der Waals surface area contributed by atoms with Gasteiger partial charge in [0.25, 0.3) is 0 Å². The number of benzene rings is 1. The van der Waals surface area contributed by atoms with E-state index in [1.54, 1.807) is 12.3 Å². The Kier molecular flexibility index (Phi) is 1.84.